The number of fused-ring (bicyclic) bond motifs is 1. The van der Waals surface area contributed by atoms with Crippen LogP contribution < -0.4 is 10.1 Å². The number of rotatable bonds is 6. The molecule has 4 rings (SSSR count). The number of benzene rings is 2. The Labute approximate surface area is 168 Å². The molecule has 0 radical (unpaired) electrons. The van der Waals surface area contributed by atoms with Crippen molar-refractivity contribution in [3.63, 3.8) is 0 Å². The maximum absolute atomic E-state index is 13.8. The lowest BCUT2D eigenvalue weighted by Crippen LogP contribution is -2.32. The van der Waals surface area contributed by atoms with Gasteiger partial charge in [-0.25, -0.2) is 4.39 Å². The van der Waals surface area contributed by atoms with Crippen molar-refractivity contribution in [3.05, 3.63) is 82.9 Å². The van der Waals surface area contributed by atoms with Gasteiger partial charge in [0, 0.05) is 18.3 Å². The summed E-state index contributed by atoms with van der Waals surface area (Å²) < 4.78 is 26.5. The molecule has 6 nitrogen and oxygen atoms in total. The Bertz CT molecular complexity index is 1000. The van der Waals surface area contributed by atoms with Gasteiger partial charge in [-0.3, -0.25) is 9.48 Å². The van der Waals surface area contributed by atoms with Crippen LogP contribution in [0.2, 0.25) is 0 Å². The van der Waals surface area contributed by atoms with Crippen LogP contribution in [0.15, 0.2) is 54.7 Å². The largest absolute Gasteiger partial charge is 0.494 e. The average molecular weight is 395 g/mol. The maximum atomic E-state index is 13.8. The van der Waals surface area contributed by atoms with Crippen LogP contribution in [-0.4, -0.2) is 35.9 Å². The van der Waals surface area contributed by atoms with Gasteiger partial charge in [-0.2, -0.15) is 5.10 Å². The molecule has 29 heavy (non-hydrogen) atoms. The first-order valence-electron chi connectivity index (χ1n) is 9.47. The SMILES string of the molecule is COc1ccc(C(=O)NC[C@@H]2OCCc3cn(Cc4ccccc4)nc32)cc1F. The van der Waals surface area contributed by atoms with Gasteiger partial charge in [-0.1, -0.05) is 30.3 Å². The number of amides is 1. The van der Waals surface area contributed by atoms with E-state index >= 15 is 0 Å². The van der Waals surface area contributed by atoms with Crippen LogP contribution in [0, 0.1) is 5.82 Å². The van der Waals surface area contributed by atoms with Gasteiger partial charge in [-0.15, -0.1) is 0 Å². The summed E-state index contributed by atoms with van der Waals surface area (Å²) >= 11 is 0. The molecule has 2 aromatic carbocycles. The number of carbonyl (C=O) groups is 1. The van der Waals surface area contributed by atoms with Crippen molar-refractivity contribution in [3.8, 4) is 5.75 Å². The van der Waals surface area contributed by atoms with Crippen LogP contribution in [0.4, 0.5) is 4.39 Å². The Balaban J connectivity index is 1.43. The monoisotopic (exact) mass is 395 g/mol. The molecule has 1 aliphatic heterocycles. The Kier molecular flexibility index (Phi) is 5.57. The highest BCUT2D eigenvalue weighted by atomic mass is 19.1. The lowest BCUT2D eigenvalue weighted by molar-refractivity contribution is 0.0383. The van der Waals surface area contributed by atoms with Gasteiger partial charge < -0.3 is 14.8 Å². The third-order valence-corrected chi connectivity index (χ3v) is 4.91. The third kappa shape index (κ3) is 4.30. The Morgan fingerprint density at radius 2 is 2.14 bits per heavy atom. The fraction of sp³-hybridized carbons (Fsp3) is 0.273. The highest BCUT2D eigenvalue weighted by Gasteiger charge is 2.25. The van der Waals surface area contributed by atoms with Gasteiger partial charge in [-0.05, 0) is 35.7 Å². The van der Waals surface area contributed by atoms with E-state index in [9.17, 15) is 9.18 Å². The number of aromatic nitrogens is 2. The van der Waals surface area contributed by atoms with Crippen molar-refractivity contribution in [2.45, 2.75) is 19.1 Å². The number of hydrogen-bond donors (Lipinski definition) is 1. The van der Waals surface area contributed by atoms with E-state index in [4.69, 9.17) is 9.47 Å². The van der Waals surface area contributed by atoms with Crippen molar-refractivity contribution < 1.29 is 18.7 Å². The molecular formula is C22H22FN3O3. The highest BCUT2D eigenvalue weighted by Crippen LogP contribution is 2.26. The normalized spacial score (nSPS) is 15.6. The summed E-state index contributed by atoms with van der Waals surface area (Å²) in [6, 6.07) is 14.2. The molecule has 0 bridgehead atoms. The minimum Gasteiger partial charge on any atom is -0.494 e. The van der Waals surface area contributed by atoms with Gasteiger partial charge in [0.05, 0.1) is 26.0 Å². The second kappa shape index (κ2) is 8.45. The van der Waals surface area contributed by atoms with E-state index in [1.54, 1.807) is 0 Å². The maximum Gasteiger partial charge on any atom is 0.251 e. The molecule has 0 fully saturated rings. The minimum atomic E-state index is -0.573. The van der Waals surface area contributed by atoms with E-state index in [1.807, 2.05) is 29.1 Å². The average Bonchev–Trinajstić information content (AvgIpc) is 3.15. The molecule has 1 N–H and O–H groups in total. The first kappa shape index (κ1) is 19.1. The zero-order valence-electron chi connectivity index (χ0n) is 16.1. The Hall–Kier alpha value is -3.19. The molecule has 150 valence electrons. The summed E-state index contributed by atoms with van der Waals surface area (Å²) in [6.45, 7) is 1.52. The summed E-state index contributed by atoms with van der Waals surface area (Å²) in [7, 11) is 1.38. The van der Waals surface area contributed by atoms with Crippen LogP contribution in [0.1, 0.15) is 33.3 Å². The number of hydrogen-bond acceptors (Lipinski definition) is 4. The summed E-state index contributed by atoms with van der Waals surface area (Å²) in [4.78, 5) is 12.4. The van der Waals surface area contributed by atoms with E-state index in [0.717, 1.165) is 23.7 Å². The molecular weight excluding hydrogens is 373 g/mol. The predicted octanol–water partition coefficient (Wildman–Crippen LogP) is 3.12. The zero-order chi connectivity index (χ0) is 20.2. The Morgan fingerprint density at radius 1 is 1.31 bits per heavy atom. The summed E-state index contributed by atoms with van der Waals surface area (Å²) in [5.74, 6) is -0.840. The first-order chi connectivity index (χ1) is 14.1. The molecule has 1 aliphatic rings. The van der Waals surface area contributed by atoms with E-state index in [0.29, 0.717) is 13.2 Å². The standard InChI is InChI=1S/C22H22FN3O3/c1-28-19-8-7-16(11-18(19)23)22(27)24-12-20-21-17(9-10-29-20)14-26(25-21)13-15-5-3-2-4-6-15/h2-8,11,14,20H,9-10,12-13H2,1H3,(H,24,27)/t20-/m0/s1. The number of ether oxygens (including phenoxy) is 2. The van der Waals surface area contributed by atoms with Gasteiger partial charge in [0.1, 0.15) is 6.10 Å². The fourth-order valence-electron chi connectivity index (χ4n) is 3.43. The highest BCUT2D eigenvalue weighted by molar-refractivity contribution is 5.94. The summed E-state index contributed by atoms with van der Waals surface area (Å²) in [5, 5.41) is 7.49. The summed E-state index contributed by atoms with van der Waals surface area (Å²) in [5.41, 5.74) is 3.36. The second-order valence-corrected chi connectivity index (χ2v) is 6.89. The van der Waals surface area contributed by atoms with Gasteiger partial charge >= 0.3 is 0 Å². The summed E-state index contributed by atoms with van der Waals surface area (Å²) in [6.07, 6.45) is 2.50. The van der Waals surface area contributed by atoms with E-state index in [1.165, 1.54) is 24.8 Å². The number of methoxy groups -OCH3 is 1. The minimum absolute atomic E-state index is 0.103. The van der Waals surface area contributed by atoms with Gasteiger partial charge in [0.15, 0.2) is 11.6 Å². The van der Waals surface area contributed by atoms with Gasteiger partial charge in [0.2, 0.25) is 0 Å². The Morgan fingerprint density at radius 3 is 2.90 bits per heavy atom. The van der Waals surface area contributed by atoms with E-state index in [2.05, 4.69) is 22.5 Å². The number of carbonyl (C=O) groups excluding carboxylic acids is 1. The van der Waals surface area contributed by atoms with E-state index < -0.39 is 5.82 Å². The van der Waals surface area contributed by atoms with Gasteiger partial charge in [0.25, 0.3) is 5.91 Å². The van der Waals surface area contributed by atoms with Crippen LogP contribution in [-0.2, 0) is 17.7 Å². The molecule has 0 spiro atoms. The molecule has 3 aromatic rings. The molecule has 1 atom stereocenters. The smallest absolute Gasteiger partial charge is 0.251 e. The van der Waals surface area contributed by atoms with Crippen LogP contribution in [0.25, 0.3) is 0 Å². The molecule has 2 heterocycles. The molecule has 0 saturated heterocycles. The quantitative estimate of drug-likeness (QED) is 0.697. The van der Waals surface area contributed by atoms with Crippen molar-refractivity contribution in [2.75, 3.05) is 20.3 Å². The number of nitrogens with zero attached hydrogens (tertiary/aromatic N) is 2. The molecule has 1 aromatic heterocycles. The van der Waals surface area contributed by atoms with Crippen LogP contribution in [0.5, 0.6) is 5.75 Å². The van der Waals surface area contributed by atoms with E-state index in [-0.39, 0.29) is 29.9 Å². The lowest BCUT2D eigenvalue weighted by atomic mass is 10.1. The fourth-order valence-corrected chi connectivity index (χ4v) is 3.43. The molecule has 0 aliphatic carbocycles. The third-order valence-electron chi connectivity index (χ3n) is 4.91. The first-order valence-corrected chi connectivity index (χ1v) is 9.47. The lowest BCUT2D eigenvalue weighted by Gasteiger charge is -2.22. The van der Waals surface area contributed by atoms with Crippen molar-refractivity contribution in [1.29, 1.82) is 0 Å². The molecule has 1 amide bonds. The second-order valence-electron chi connectivity index (χ2n) is 6.89. The van der Waals surface area contributed by atoms with Crippen LogP contribution >= 0.6 is 0 Å². The number of nitrogens with one attached hydrogen (secondary N) is 1. The predicted molar refractivity (Wildman–Crippen MR) is 105 cm³/mol. The molecule has 0 saturated carbocycles. The molecule has 0 unspecified atom stereocenters. The zero-order valence-corrected chi connectivity index (χ0v) is 16.1. The van der Waals surface area contributed by atoms with Crippen molar-refractivity contribution >= 4 is 5.91 Å². The number of halogens is 1. The van der Waals surface area contributed by atoms with Crippen molar-refractivity contribution in [1.82, 2.24) is 15.1 Å². The van der Waals surface area contributed by atoms with Crippen molar-refractivity contribution in [2.24, 2.45) is 0 Å². The van der Waals surface area contributed by atoms with Crippen LogP contribution in [0.3, 0.4) is 0 Å². The molecule has 7 heteroatoms. The topological polar surface area (TPSA) is 65.4 Å².